The molecule has 2 aromatic rings. The molecule has 19 heavy (non-hydrogen) atoms. The van der Waals surface area contributed by atoms with Gasteiger partial charge in [-0.1, -0.05) is 12.1 Å². The van der Waals surface area contributed by atoms with Crippen LogP contribution in [-0.2, 0) is 0 Å². The molecule has 1 aromatic heterocycles. The summed E-state index contributed by atoms with van der Waals surface area (Å²) in [6.07, 6.45) is 4.19. The van der Waals surface area contributed by atoms with Gasteiger partial charge in [-0.2, -0.15) is 0 Å². The van der Waals surface area contributed by atoms with Crippen molar-refractivity contribution in [1.82, 2.24) is 10.3 Å². The first-order chi connectivity index (χ1) is 8.34. The molecule has 1 fully saturated rings. The van der Waals surface area contributed by atoms with Crippen molar-refractivity contribution < 1.29 is 0 Å². The molecule has 1 aromatic carbocycles. The number of hydrogen-bond donors (Lipinski definition) is 2. The number of benzene rings is 1. The fourth-order valence-corrected chi connectivity index (χ4v) is 2.62. The lowest BCUT2D eigenvalue weighted by Gasteiger charge is -2.23. The van der Waals surface area contributed by atoms with Crippen molar-refractivity contribution in [2.45, 2.75) is 18.8 Å². The molecule has 0 radical (unpaired) electrons. The molecule has 104 valence electrons. The van der Waals surface area contributed by atoms with Crippen molar-refractivity contribution in [2.75, 3.05) is 18.8 Å². The van der Waals surface area contributed by atoms with Gasteiger partial charge in [0.05, 0.1) is 0 Å². The number of piperidine rings is 1. The molecular weight excluding hydrogens is 281 g/mol. The maximum atomic E-state index is 5.93. The number of nitrogens with zero attached hydrogens (tertiary/aromatic N) is 1. The Morgan fingerprint density at radius 1 is 1.11 bits per heavy atom. The number of hydrogen-bond acceptors (Lipinski definition) is 3. The molecule has 0 aliphatic carbocycles. The molecule has 2 heterocycles. The lowest BCUT2D eigenvalue weighted by Crippen LogP contribution is -2.26. The molecule has 0 unspecified atom stereocenters. The molecule has 0 bridgehead atoms. The van der Waals surface area contributed by atoms with Gasteiger partial charge in [0, 0.05) is 11.6 Å². The molecular formula is C14H19Cl2N3. The van der Waals surface area contributed by atoms with E-state index in [0.29, 0.717) is 11.7 Å². The Bertz CT molecular complexity index is 539. The Labute approximate surface area is 125 Å². The molecule has 0 saturated carbocycles. The summed E-state index contributed by atoms with van der Waals surface area (Å²) in [7, 11) is 0. The highest BCUT2D eigenvalue weighted by Gasteiger charge is 2.15. The first-order valence-electron chi connectivity index (χ1n) is 6.19. The number of nitrogen functional groups attached to an aromatic ring is 1. The van der Waals surface area contributed by atoms with E-state index in [-0.39, 0.29) is 24.8 Å². The third kappa shape index (κ3) is 3.30. The summed E-state index contributed by atoms with van der Waals surface area (Å²) in [6.45, 7) is 2.23. The van der Waals surface area contributed by atoms with Crippen molar-refractivity contribution in [1.29, 1.82) is 0 Å². The van der Waals surface area contributed by atoms with E-state index in [4.69, 9.17) is 5.73 Å². The fourth-order valence-electron chi connectivity index (χ4n) is 2.62. The molecule has 0 atom stereocenters. The molecule has 0 spiro atoms. The summed E-state index contributed by atoms with van der Waals surface area (Å²) < 4.78 is 0. The van der Waals surface area contributed by atoms with E-state index in [1.54, 1.807) is 6.20 Å². The smallest absolute Gasteiger partial charge is 0.131 e. The summed E-state index contributed by atoms with van der Waals surface area (Å²) in [4.78, 5) is 4.16. The van der Waals surface area contributed by atoms with Crippen LogP contribution in [-0.4, -0.2) is 18.1 Å². The molecule has 1 aliphatic heterocycles. The van der Waals surface area contributed by atoms with Crippen LogP contribution in [0, 0.1) is 0 Å². The topological polar surface area (TPSA) is 50.9 Å². The van der Waals surface area contributed by atoms with E-state index in [1.807, 2.05) is 6.07 Å². The van der Waals surface area contributed by atoms with Gasteiger partial charge in [-0.25, -0.2) is 4.98 Å². The summed E-state index contributed by atoms with van der Waals surface area (Å²) >= 11 is 0. The Balaban J connectivity index is 0.000000902. The second-order valence-corrected chi connectivity index (χ2v) is 4.70. The monoisotopic (exact) mass is 299 g/mol. The minimum absolute atomic E-state index is 0. The zero-order chi connectivity index (χ0) is 11.7. The van der Waals surface area contributed by atoms with Crippen molar-refractivity contribution in [3.8, 4) is 0 Å². The number of anilines is 1. The van der Waals surface area contributed by atoms with Gasteiger partial charge in [-0.15, -0.1) is 24.8 Å². The van der Waals surface area contributed by atoms with Gasteiger partial charge in [-0.3, -0.25) is 0 Å². The molecule has 1 saturated heterocycles. The Kier molecular flexibility index (Phi) is 5.85. The van der Waals surface area contributed by atoms with Crippen molar-refractivity contribution in [3.05, 3.63) is 36.0 Å². The van der Waals surface area contributed by atoms with Gasteiger partial charge in [0.25, 0.3) is 0 Å². The number of pyridine rings is 1. The normalized spacial score (nSPS) is 15.6. The molecule has 0 amide bonds. The second-order valence-electron chi connectivity index (χ2n) is 4.70. The Morgan fingerprint density at radius 3 is 2.58 bits per heavy atom. The lowest BCUT2D eigenvalue weighted by atomic mass is 9.89. The molecule has 3 rings (SSSR count). The number of halogens is 2. The molecule has 3 N–H and O–H groups in total. The van der Waals surface area contributed by atoms with Crippen LogP contribution in [0.25, 0.3) is 10.8 Å². The number of aromatic nitrogens is 1. The van der Waals surface area contributed by atoms with Crippen LogP contribution in [0.4, 0.5) is 5.82 Å². The van der Waals surface area contributed by atoms with Gasteiger partial charge in [0.1, 0.15) is 5.82 Å². The van der Waals surface area contributed by atoms with E-state index in [1.165, 1.54) is 23.8 Å². The first-order valence-corrected chi connectivity index (χ1v) is 6.19. The largest absolute Gasteiger partial charge is 0.383 e. The quantitative estimate of drug-likeness (QED) is 0.850. The summed E-state index contributed by atoms with van der Waals surface area (Å²) in [5.41, 5.74) is 7.33. The van der Waals surface area contributed by atoms with Gasteiger partial charge in [-0.05, 0) is 54.9 Å². The van der Waals surface area contributed by atoms with E-state index >= 15 is 0 Å². The third-order valence-corrected chi connectivity index (χ3v) is 3.63. The van der Waals surface area contributed by atoms with Gasteiger partial charge < -0.3 is 11.1 Å². The highest BCUT2D eigenvalue weighted by Crippen LogP contribution is 2.29. The van der Waals surface area contributed by atoms with Crippen LogP contribution in [0.2, 0.25) is 0 Å². The van der Waals surface area contributed by atoms with E-state index in [2.05, 4.69) is 28.5 Å². The maximum absolute atomic E-state index is 5.93. The SMILES string of the molecule is Cl.Cl.Nc1nccc2ccc(C3CCNCC3)cc12. The van der Waals surface area contributed by atoms with Crippen LogP contribution < -0.4 is 11.1 Å². The Hall–Kier alpha value is -1.03. The van der Waals surface area contributed by atoms with Crippen LogP contribution in [0.15, 0.2) is 30.5 Å². The molecule has 5 heteroatoms. The summed E-state index contributed by atoms with van der Waals surface area (Å²) in [6, 6.07) is 8.62. The van der Waals surface area contributed by atoms with Crippen LogP contribution in [0.1, 0.15) is 24.3 Å². The van der Waals surface area contributed by atoms with Crippen LogP contribution >= 0.6 is 24.8 Å². The predicted octanol–water partition coefficient (Wildman–Crippen LogP) is 3.13. The fraction of sp³-hybridized carbons (Fsp3) is 0.357. The van der Waals surface area contributed by atoms with E-state index in [9.17, 15) is 0 Å². The average molecular weight is 300 g/mol. The average Bonchev–Trinajstić information content (AvgIpc) is 2.40. The number of nitrogens with two attached hydrogens (primary N) is 1. The summed E-state index contributed by atoms with van der Waals surface area (Å²) in [5, 5.41) is 5.66. The van der Waals surface area contributed by atoms with Crippen molar-refractivity contribution >= 4 is 41.4 Å². The minimum Gasteiger partial charge on any atom is -0.383 e. The maximum Gasteiger partial charge on any atom is 0.131 e. The first kappa shape index (κ1) is 16.0. The lowest BCUT2D eigenvalue weighted by molar-refractivity contribution is 0.460. The van der Waals surface area contributed by atoms with Crippen LogP contribution in [0.3, 0.4) is 0 Å². The highest BCUT2D eigenvalue weighted by atomic mass is 35.5. The predicted molar refractivity (Wildman–Crippen MR) is 85.5 cm³/mol. The van der Waals surface area contributed by atoms with Gasteiger partial charge in [0.2, 0.25) is 0 Å². The van der Waals surface area contributed by atoms with Crippen molar-refractivity contribution in [2.24, 2.45) is 0 Å². The minimum atomic E-state index is 0. The standard InChI is InChI=1S/C14H17N3.2ClH/c15-14-13-9-12(10-3-6-16-7-4-10)2-1-11(13)5-8-17-14;;/h1-2,5,8-10,16H,3-4,6-7H2,(H2,15,17);2*1H. The zero-order valence-corrected chi connectivity index (χ0v) is 12.3. The molecule has 1 aliphatic rings. The highest BCUT2D eigenvalue weighted by molar-refractivity contribution is 5.91. The van der Waals surface area contributed by atoms with E-state index < -0.39 is 0 Å². The third-order valence-electron chi connectivity index (χ3n) is 3.63. The van der Waals surface area contributed by atoms with Gasteiger partial charge in [0.15, 0.2) is 0 Å². The number of rotatable bonds is 1. The van der Waals surface area contributed by atoms with E-state index in [0.717, 1.165) is 18.5 Å². The number of fused-ring (bicyclic) bond motifs is 1. The van der Waals surface area contributed by atoms with Crippen molar-refractivity contribution in [3.63, 3.8) is 0 Å². The zero-order valence-electron chi connectivity index (χ0n) is 10.6. The molecule has 3 nitrogen and oxygen atoms in total. The Morgan fingerprint density at radius 2 is 1.84 bits per heavy atom. The summed E-state index contributed by atoms with van der Waals surface area (Å²) in [5.74, 6) is 1.30. The number of nitrogens with one attached hydrogen (secondary N) is 1. The van der Waals surface area contributed by atoms with Crippen LogP contribution in [0.5, 0.6) is 0 Å². The van der Waals surface area contributed by atoms with Gasteiger partial charge >= 0.3 is 0 Å². The second kappa shape index (κ2) is 6.94.